The van der Waals surface area contributed by atoms with Crippen LogP contribution in [0.15, 0.2) is 30.0 Å². The van der Waals surface area contributed by atoms with E-state index in [4.69, 9.17) is 9.47 Å². The number of para-hydroxylation sites is 1. The predicted octanol–water partition coefficient (Wildman–Crippen LogP) is 3.23. The Bertz CT molecular complexity index is 536. The Morgan fingerprint density at radius 3 is 1.83 bits per heavy atom. The Labute approximate surface area is 137 Å². The maximum Gasteiger partial charge on any atom is 0.347 e. The van der Waals surface area contributed by atoms with Gasteiger partial charge >= 0.3 is 11.9 Å². The molecule has 0 spiro atoms. The summed E-state index contributed by atoms with van der Waals surface area (Å²) in [6.07, 6.45) is 3.07. The minimum Gasteiger partial charge on any atom is -0.462 e. The quantitative estimate of drug-likeness (QED) is 0.345. The van der Waals surface area contributed by atoms with Crippen LogP contribution in [0.3, 0.4) is 0 Å². The van der Waals surface area contributed by atoms with Crippen LogP contribution in [0, 0.1) is 0 Å². The van der Waals surface area contributed by atoms with E-state index in [2.05, 4.69) is 19.2 Å². The predicted molar refractivity (Wildman–Crippen MR) is 90.2 cm³/mol. The summed E-state index contributed by atoms with van der Waals surface area (Å²) in [7, 11) is 0. The Hall–Kier alpha value is -2.30. The summed E-state index contributed by atoms with van der Waals surface area (Å²) >= 11 is 0. The zero-order valence-electron chi connectivity index (χ0n) is 14.3. The lowest BCUT2D eigenvalue weighted by atomic mass is 10.0. The van der Waals surface area contributed by atoms with E-state index in [9.17, 15) is 9.59 Å². The topological polar surface area (TPSA) is 64.6 Å². The van der Waals surface area contributed by atoms with Gasteiger partial charge in [-0.3, -0.25) is 0 Å². The second kappa shape index (κ2) is 9.66. The van der Waals surface area contributed by atoms with E-state index in [1.54, 1.807) is 13.8 Å². The molecule has 0 atom stereocenters. The SMILES string of the molecule is CCOC(=O)C(=CNc1c(CC)cccc1CC)C(=O)OCC. The van der Waals surface area contributed by atoms with Gasteiger partial charge in [0, 0.05) is 11.9 Å². The molecule has 1 rings (SSSR count). The van der Waals surface area contributed by atoms with Crippen molar-refractivity contribution in [2.24, 2.45) is 0 Å². The minimum absolute atomic E-state index is 0.137. The molecule has 1 N–H and O–H groups in total. The molecule has 5 heteroatoms. The first kappa shape index (κ1) is 18.7. The third-order valence-electron chi connectivity index (χ3n) is 3.35. The molecule has 0 fully saturated rings. The van der Waals surface area contributed by atoms with Crippen molar-refractivity contribution in [3.8, 4) is 0 Å². The average Bonchev–Trinajstić information content (AvgIpc) is 2.55. The molecular formula is C18H25NO4. The fourth-order valence-corrected chi connectivity index (χ4v) is 2.19. The Morgan fingerprint density at radius 2 is 1.43 bits per heavy atom. The lowest BCUT2D eigenvalue weighted by Crippen LogP contribution is -2.19. The van der Waals surface area contributed by atoms with Gasteiger partial charge in [-0.25, -0.2) is 9.59 Å². The maximum atomic E-state index is 12.0. The number of anilines is 1. The molecular weight excluding hydrogens is 294 g/mol. The third-order valence-corrected chi connectivity index (χ3v) is 3.35. The molecule has 1 aromatic rings. The van der Waals surface area contributed by atoms with Gasteiger partial charge in [-0.1, -0.05) is 32.0 Å². The number of carbonyl (C=O) groups is 2. The number of esters is 2. The van der Waals surface area contributed by atoms with Crippen molar-refractivity contribution in [1.82, 2.24) is 0 Å². The van der Waals surface area contributed by atoms with Gasteiger partial charge in [0.25, 0.3) is 0 Å². The summed E-state index contributed by atoms with van der Waals surface area (Å²) in [4.78, 5) is 23.9. The Balaban J connectivity index is 3.14. The molecule has 0 bridgehead atoms. The first-order valence-corrected chi connectivity index (χ1v) is 8.00. The number of hydrogen-bond acceptors (Lipinski definition) is 5. The molecule has 0 saturated heterocycles. The second-order valence-corrected chi connectivity index (χ2v) is 4.80. The molecule has 0 aromatic heterocycles. The number of carbonyl (C=O) groups excluding carboxylic acids is 2. The van der Waals surface area contributed by atoms with Gasteiger partial charge in [-0.15, -0.1) is 0 Å². The molecule has 0 aliphatic rings. The third kappa shape index (κ3) is 5.13. The zero-order chi connectivity index (χ0) is 17.2. The lowest BCUT2D eigenvalue weighted by molar-refractivity contribution is -0.146. The summed E-state index contributed by atoms with van der Waals surface area (Å²) in [5.41, 5.74) is 3.02. The van der Waals surface area contributed by atoms with Crippen LogP contribution in [0.5, 0.6) is 0 Å². The number of rotatable bonds is 8. The van der Waals surface area contributed by atoms with Crippen molar-refractivity contribution < 1.29 is 19.1 Å². The van der Waals surface area contributed by atoms with Gasteiger partial charge in [0.1, 0.15) is 0 Å². The van der Waals surface area contributed by atoms with Gasteiger partial charge in [0.05, 0.1) is 13.2 Å². The molecule has 0 saturated carbocycles. The molecule has 0 unspecified atom stereocenters. The molecule has 1 aromatic carbocycles. The maximum absolute atomic E-state index is 12.0. The van der Waals surface area contributed by atoms with E-state index < -0.39 is 11.9 Å². The highest BCUT2D eigenvalue weighted by Crippen LogP contribution is 2.23. The van der Waals surface area contributed by atoms with Gasteiger partial charge < -0.3 is 14.8 Å². The van der Waals surface area contributed by atoms with E-state index in [-0.39, 0.29) is 18.8 Å². The molecule has 0 radical (unpaired) electrons. The van der Waals surface area contributed by atoms with Gasteiger partial charge in [0.15, 0.2) is 5.57 Å². The summed E-state index contributed by atoms with van der Waals surface area (Å²) in [5, 5.41) is 3.10. The normalized spacial score (nSPS) is 9.91. The van der Waals surface area contributed by atoms with Crippen LogP contribution < -0.4 is 5.32 Å². The van der Waals surface area contributed by atoms with Gasteiger partial charge in [-0.05, 0) is 37.8 Å². The highest BCUT2D eigenvalue weighted by atomic mass is 16.6. The van der Waals surface area contributed by atoms with E-state index in [0.29, 0.717) is 0 Å². The van der Waals surface area contributed by atoms with Crippen LogP contribution in [-0.4, -0.2) is 25.2 Å². The van der Waals surface area contributed by atoms with Crippen molar-refractivity contribution in [3.63, 3.8) is 0 Å². The van der Waals surface area contributed by atoms with E-state index >= 15 is 0 Å². The van der Waals surface area contributed by atoms with E-state index in [1.807, 2.05) is 18.2 Å². The zero-order valence-corrected chi connectivity index (χ0v) is 14.3. The molecule has 0 heterocycles. The highest BCUT2D eigenvalue weighted by molar-refractivity contribution is 6.14. The van der Waals surface area contributed by atoms with Crippen LogP contribution in [0.2, 0.25) is 0 Å². The van der Waals surface area contributed by atoms with Crippen LogP contribution in [0.1, 0.15) is 38.8 Å². The average molecular weight is 319 g/mol. The number of ether oxygens (including phenoxy) is 2. The summed E-state index contributed by atoms with van der Waals surface area (Å²) in [6, 6.07) is 6.04. The molecule has 0 aliphatic heterocycles. The summed E-state index contributed by atoms with van der Waals surface area (Å²) in [5.74, 6) is -1.38. The number of benzene rings is 1. The minimum atomic E-state index is -0.689. The first-order chi connectivity index (χ1) is 11.1. The number of nitrogens with one attached hydrogen (secondary N) is 1. The van der Waals surface area contributed by atoms with Crippen LogP contribution in [0.25, 0.3) is 0 Å². The van der Waals surface area contributed by atoms with Crippen LogP contribution >= 0.6 is 0 Å². The number of hydrogen-bond donors (Lipinski definition) is 1. The first-order valence-electron chi connectivity index (χ1n) is 8.00. The fraction of sp³-hybridized carbons (Fsp3) is 0.444. The largest absolute Gasteiger partial charge is 0.462 e. The standard InChI is InChI=1S/C18H25NO4/c1-5-13-10-9-11-14(6-2)16(13)19-12-15(17(20)22-7-3)18(21)23-8-4/h9-12,19H,5-8H2,1-4H3. The fourth-order valence-electron chi connectivity index (χ4n) is 2.19. The molecule has 126 valence electrons. The highest BCUT2D eigenvalue weighted by Gasteiger charge is 2.21. The smallest absolute Gasteiger partial charge is 0.347 e. The van der Waals surface area contributed by atoms with Gasteiger partial charge in [0.2, 0.25) is 0 Å². The van der Waals surface area contributed by atoms with E-state index in [1.165, 1.54) is 6.20 Å². The second-order valence-electron chi connectivity index (χ2n) is 4.80. The Kier molecular flexibility index (Phi) is 7.88. The van der Waals surface area contributed by atoms with Crippen molar-refractivity contribution in [2.45, 2.75) is 40.5 Å². The molecule has 5 nitrogen and oxygen atoms in total. The number of aryl methyl sites for hydroxylation is 2. The monoisotopic (exact) mass is 319 g/mol. The lowest BCUT2D eigenvalue weighted by Gasteiger charge is -2.14. The van der Waals surface area contributed by atoms with Gasteiger partial charge in [-0.2, -0.15) is 0 Å². The van der Waals surface area contributed by atoms with E-state index in [0.717, 1.165) is 29.7 Å². The summed E-state index contributed by atoms with van der Waals surface area (Å²) < 4.78 is 9.85. The van der Waals surface area contributed by atoms with Crippen molar-refractivity contribution >= 4 is 17.6 Å². The molecule has 0 amide bonds. The van der Waals surface area contributed by atoms with Crippen LogP contribution in [0.4, 0.5) is 5.69 Å². The Morgan fingerprint density at radius 1 is 0.957 bits per heavy atom. The van der Waals surface area contributed by atoms with Crippen molar-refractivity contribution in [1.29, 1.82) is 0 Å². The van der Waals surface area contributed by atoms with Crippen molar-refractivity contribution in [2.75, 3.05) is 18.5 Å². The molecule has 23 heavy (non-hydrogen) atoms. The summed E-state index contributed by atoms with van der Waals surface area (Å²) in [6.45, 7) is 7.89. The van der Waals surface area contributed by atoms with Crippen molar-refractivity contribution in [3.05, 3.63) is 41.1 Å². The van der Waals surface area contributed by atoms with Crippen LogP contribution in [-0.2, 0) is 31.9 Å². The molecule has 0 aliphatic carbocycles.